The zero-order valence-electron chi connectivity index (χ0n) is 17.6. The Morgan fingerprint density at radius 3 is 2.71 bits per heavy atom. The van der Waals surface area contributed by atoms with Gasteiger partial charge in [-0.3, -0.25) is 4.79 Å². The fourth-order valence-corrected chi connectivity index (χ4v) is 2.99. The van der Waals surface area contributed by atoms with Crippen molar-refractivity contribution < 1.29 is 23.8 Å². The molecule has 0 bridgehead atoms. The van der Waals surface area contributed by atoms with E-state index in [1.54, 1.807) is 18.2 Å². The first-order chi connectivity index (χ1) is 14.9. The number of benzene rings is 2. The van der Waals surface area contributed by atoms with Gasteiger partial charge < -0.3 is 14.6 Å². The average molecular weight is 425 g/mol. The first kappa shape index (κ1) is 22.0. The molecule has 0 aliphatic heterocycles. The number of rotatable bonds is 9. The highest BCUT2D eigenvalue weighted by molar-refractivity contribution is 5.67. The van der Waals surface area contributed by atoms with Gasteiger partial charge in [-0.05, 0) is 56.2 Å². The number of carboxylic acid groups (broad SMARTS) is 1. The summed E-state index contributed by atoms with van der Waals surface area (Å²) in [6.45, 7) is 3.97. The number of hydrogen-bond donors (Lipinski definition) is 1. The number of hydrogen-bond acceptors (Lipinski definition) is 5. The van der Waals surface area contributed by atoms with E-state index in [4.69, 9.17) is 14.6 Å². The van der Waals surface area contributed by atoms with Crippen molar-refractivity contribution in [2.75, 3.05) is 7.11 Å². The molecule has 0 radical (unpaired) electrons. The van der Waals surface area contributed by atoms with Gasteiger partial charge in [-0.1, -0.05) is 22.9 Å². The van der Waals surface area contributed by atoms with Crippen LogP contribution in [0.5, 0.6) is 11.5 Å². The lowest BCUT2D eigenvalue weighted by molar-refractivity contribution is -0.136. The predicted octanol–water partition coefficient (Wildman–Crippen LogP) is 4.43. The Morgan fingerprint density at radius 2 is 2.00 bits per heavy atom. The van der Waals surface area contributed by atoms with Crippen molar-refractivity contribution in [3.8, 4) is 17.2 Å². The number of methoxy groups -OCH3 is 1. The van der Waals surface area contributed by atoms with Crippen LogP contribution in [0.25, 0.3) is 11.8 Å². The fraction of sp³-hybridized carbons (Fsp3) is 0.261. The van der Waals surface area contributed by atoms with E-state index in [9.17, 15) is 9.18 Å². The zero-order chi connectivity index (χ0) is 22.4. The molecule has 0 aliphatic carbocycles. The Bertz CT molecular complexity index is 1100. The molecule has 1 N–H and O–H groups in total. The van der Waals surface area contributed by atoms with Crippen molar-refractivity contribution in [1.82, 2.24) is 15.0 Å². The maximum Gasteiger partial charge on any atom is 0.303 e. The molecule has 8 heteroatoms. The van der Waals surface area contributed by atoms with E-state index >= 15 is 0 Å². The van der Waals surface area contributed by atoms with Crippen LogP contribution in [0.2, 0.25) is 0 Å². The molecule has 0 fully saturated rings. The Hall–Kier alpha value is -3.68. The Morgan fingerprint density at radius 1 is 1.19 bits per heavy atom. The summed E-state index contributed by atoms with van der Waals surface area (Å²) >= 11 is 0. The lowest BCUT2D eigenvalue weighted by Gasteiger charge is -2.10. The number of aryl methyl sites for hydroxylation is 1. The number of aliphatic carboxylic acids is 1. The summed E-state index contributed by atoms with van der Waals surface area (Å²) in [5, 5.41) is 17.2. The van der Waals surface area contributed by atoms with Crippen LogP contribution >= 0.6 is 0 Å². The molecule has 0 spiro atoms. The largest absolute Gasteiger partial charge is 0.497 e. The van der Waals surface area contributed by atoms with Gasteiger partial charge in [-0.25, -0.2) is 9.07 Å². The molecule has 7 nitrogen and oxygen atoms in total. The van der Waals surface area contributed by atoms with E-state index in [2.05, 4.69) is 10.3 Å². The number of nitrogens with zero attached hydrogens (tertiary/aromatic N) is 3. The van der Waals surface area contributed by atoms with E-state index in [-0.39, 0.29) is 18.7 Å². The molecule has 3 rings (SSSR count). The highest BCUT2D eigenvalue weighted by atomic mass is 19.1. The van der Waals surface area contributed by atoms with Crippen LogP contribution < -0.4 is 9.47 Å². The van der Waals surface area contributed by atoms with E-state index < -0.39 is 11.8 Å². The van der Waals surface area contributed by atoms with Crippen molar-refractivity contribution in [2.24, 2.45) is 0 Å². The number of ether oxygens (including phenoxy) is 2. The fourth-order valence-electron chi connectivity index (χ4n) is 2.99. The number of carboxylic acids is 1. The maximum atomic E-state index is 14.5. The lowest BCUT2D eigenvalue weighted by atomic mass is 10.1. The molecule has 162 valence electrons. The molecule has 0 unspecified atom stereocenters. The third-order valence-electron chi connectivity index (χ3n) is 4.49. The van der Waals surface area contributed by atoms with Gasteiger partial charge >= 0.3 is 5.97 Å². The second-order valence-electron chi connectivity index (χ2n) is 7.20. The van der Waals surface area contributed by atoms with Gasteiger partial charge in [0.1, 0.15) is 35.3 Å². The van der Waals surface area contributed by atoms with Crippen molar-refractivity contribution in [1.29, 1.82) is 0 Å². The third kappa shape index (κ3) is 5.69. The van der Waals surface area contributed by atoms with E-state index in [1.165, 1.54) is 23.9 Å². The normalized spacial score (nSPS) is 10.6. The minimum atomic E-state index is -0.848. The summed E-state index contributed by atoms with van der Waals surface area (Å²) in [7, 11) is 1.51. The van der Waals surface area contributed by atoms with Crippen molar-refractivity contribution in [2.45, 2.75) is 33.3 Å². The smallest absolute Gasteiger partial charge is 0.303 e. The van der Waals surface area contributed by atoms with Crippen LogP contribution in [-0.4, -0.2) is 33.2 Å². The van der Waals surface area contributed by atoms with E-state index in [1.807, 2.05) is 32.1 Å². The summed E-state index contributed by atoms with van der Waals surface area (Å²) in [4.78, 5) is 10.8. The van der Waals surface area contributed by atoms with Gasteiger partial charge in [0.25, 0.3) is 0 Å². The summed E-state index contributed by atoms with van der Waals surface area (Å²) in [5.74, 6) is -0.203. The Labute approximate surface area is 179 Å². The van der Waals surface area contributed by atoms with Gasteiger partial charge in [0.2, 0.25) is 0 Å². The van der Waals surface area contributed by atoms with Crippen molar-refractivity contribution in [3.05, 3.63) is 70.8 Å². The Balaban J connectivity index is 1.87. The number of carbonyl (C=O) groups is 1. The van der Waals surface area contributed by atoms with Gasteiger partial charge in [-0.15, -0.1) is 5.10 Å². The Kier molecular flexibility index (Phi) is 7.02. The van der Waals surface area contributed by atoms with Crippen LogP contribution in [0, 0.1) is 5.82 Å². The highest BCUT2D eigenvalue weighted by Crippen LogP contribution is 2.24. The molecule has 3 aromatic rings. The average Bonchev–Trinajstić information content (AvgIpc) is 3.13. The monoisotopic (exact) mass is 425 g/mol. The highest BCUT2D eigenvalue weighted by Gasteiger charge is 2.17. The summed E-state index contributed by atoms with van der Waals surface area (Å²) in [5.41, 5.74) is 3.23. The van der Waals surface area contributed by atoms with Gasteiger partial charge in [0.05, 0.1) is 12.8 Å². The van der Waals surface area contributed by atoms with E-state index in [0.717, 1.165) is 11.1 Å². The SMILES string of the molecule is COc1ccc(F)c(-n2nnc(COc3cccc(CCC(=O)O)c3)c2C=C(C)C)c1. The summed E-state index contributed by atoms with van der Waals surface area (Å²) in [6, 6.07) is 11.7. The lowest BCUT2D eigenvalue weighted by Crippen LogP contribution is -2.05. The number of allylic oxidation sites excluding steroid dienone is 1. The van der Waals surface area contributed by atoms with Crippen LogP contribution in [0.3, 0.4) is 0 Å². The molecule has 0 saturated carbocycles. The van der Waals surface area contributed by atoms with Crippen LogP contribution in [0.15, 0.2) is 48.0 Å². The van der Waals surface area contributed by atoms with Crippen molar-refractivity contribution >= 4 is 12.0 Å². The van der Waals surface area contributed by atoms with Gasteiger partial charge in [0, 0.05) is 12.5 Å². The van der Waals surface area contributed by atoms with Gasteiger partial charge in [-0.2, -0.15) is 0 Å². The standard InChI is InChI=1S/C23H24FN3O4/c1-15(2)11-22-20(14-31-18-6-4-5-16(12-18)7-10-23(28)29)25-26-27(22)21-13-17(30-3)8-9-19(21)24/h4-6,8-9,11-13H,7,10,14H2,1-3H3,(H,28,29). The molecule has 0 atom stereocenters. The molecule has 2 aromatic carbocycles. The molecule has 31 heavy (non-hydrogen) atoms. The molecule has 1 heterocycles. The van der Waals surface area contributed by atoms with E-state index in [0.29, 0.717) is 29.3 Å². The van der Waals surface area contributed by atoms with Crippen LogP contribution in [-0.2, 0) is 17.8 Å². The first-order valence-corrected chi connectivity index (χ1v) is 9.74. The van der Waals surface area contributed by atoms with Crippen molar-refractivity contribution in [3.63, 3.8) is 0 Å². The quantitative estimate of drug-likeness (QED) is 0.546. The molecule has 1 aromatic heterocycles. The predicted molar refractivity (Wildman–Crippen MR) is 114 cm³/mol. The molecule has 0 amide bonds. The molecular formula is C23H24FN3O4. The minimum Gasteiger partial charge on any atom is -0.497 e. The molecular weight excluding hydrogens is 401 g/mol. The second-order valence-corrected chi connectivity index (χ2v) is 7.20. The summed E-state index contributed by atoms with van der Waals surface area (Å²) in [6.07, 6.45) is 2.33. The summed E-state index contributed by atoms with van der Waals surface area (Å²) < 4.78 is 27.0. The number of halogens is 1. The maximum absolute atomic E-state index is 14.5. The van der Waals surface area contributed by atoms with Crippen LogP contribution in [0.1, 0.15) is 37.2 Å². The van der Waals surface area contributed by atoms with Crippen LogP contribution in [0.4, 0.5) is 4.39 Å². The number of aromatic nitrogens is 3. The topological polar surface area (TPSA) is 86.5 Å². The first-order valence-electron chi connectivity index (χ1n) is 9.74. The second kappa shape index (κ2) is 9.88. The zero-order valence-corrected chi connectivity index (χ0v) is 17.6. The minimum absolute atomic E-state index is 0.0502. The third-order valence-corrected chi connectivity index (χ3v) is 4.49. The molecule has 0 aliphatic rings. The van der Waals surface area contributed by atoms with Gasteiger partial charge in [0.15, 0.2) is 0 Å². The molecule has 0 saturated heterocycles.